The van der Waals surface area contributed by atoms with Crippen molar-refractivity contribution in [3.05, 3.63) is 206 Å². The minimum absolute atomic E-state index is 1.13. The van der Waals surface area contributed by atoms with Crippen LogP contribution in [0, 0.1) is 0 Å². The van der Waals surface area contributed by atoms with E-state index in [1.165, 1.54) is 112 Å². The number of nitrogens with zero attached hydrogens (tertiary/aromatic N) is 2. The van der Waals surface area contributed by atoms with Crippen LogP contribution in [0.3, 0.4) is 0 Å². The van der Waals surface area contributed by atoms with Crippen molar-refractivity contribution in [1.82, 2.24) is 4.40 Å². The third kappa shape index (κ3) is 4.92. The van der Waals surface area contributed by atoms with Crippen molar-refractivity contribution >= 4 is 118 Å². The zero-order valence-corrected chi connectivity index (χ0v) is 34.0. The highest BCUT2D eigenvalue weighted by Crippen LogP contribution is 2.50. The van der Waals surface area contributed by atoms with Gasteiger partial charge < -0.3 is 9.30 Å². The number of anilines is 3. The third-order valence-electron chi connectivity index (χ3n) is 12.4. The van der Waals surface area contributed by atoms with E-state index in [0.717, 1.165) is 5.69 Å². The topological polar surface area (TPSA) is 7.65 Å². The van der Waals surface area contributed by atoms with Crippen molar-refractivity contribution in [3.8, 4) is 22.3 Å². The molecule has 0 saturated heterocycles. The normalized spacial score (nSPS) is 12.0. The summed E-state index contributed by atoms with van der Waals surface area (Å²) in [5, 5.41) is 11.6. The van der Waals surface area contributed by atoms with Crippen molar-refractivity contribution in [1.29, 1.82) is 0 Å². The summed E-state index contributed by atoms with van der Waals surface area (Å²) in [6, 6.07) is 73.8. The Labute approximate surface area is 354 Å². The van der Waals surface area contributed by atoms with Gasteiger partial charge in [0.15, 0.2) is 0 Å². The maximum Gasteiger partial charge on any atom is 0.0640 e. The molecule has 4 aromatic heterocycles. The lowest BCUT2D eigenvalue weighted by Gasteiger charge is -2.27. The van der Waals surface area contributed by atoms with Crippen LogP contribution in [0.25, 0.3) is 101 Å². The van der Waals surface area contributed by atoms with Crippen LogP contribution < -0.4 is 4.90 Å². The summed E-state index contributed by atoms with van der Waals surface area (Å²) in [5.41, 5.74) is 10.9. The van der Waals surface area contributed by atoms with Crippen molar-refractivity contribution in [3.63, 3.8) is 0 Å². The fourth-order valence-electron chi connectivity index (χ4n) is 9.75. The zero-order valence-electron chi connectivity index (χ0n) is 32.3. The van der Waals surface area contributed by atoms with E-state index >= 15 is 0 Å². The Morgan fingerprint density at radius 1 is 0.367 bits per heavy atom. The first-order valence-corrected chi connectivity index (χ1v) is 22.1. The Morgan fingerprint density at radius 3 is 1.60 bits per heavy atom. The van der Waals surface area contributed by atoms with Gasteiger partial charge in [-0.05, 0) is 87.4 Å². The summed E-state index contributed by atoms with van der Waals surface area (Å²) < 4.78 is 7.59. The lowest BCUT2D eigenvalue weighted by Crippen LogP contribution is -2.10. The Balaban J connectivity index is 1.03. The van der Waals surface area contributed by atoms with Crippen molar-refractivity contribution < 1.29 is 0 Å². The van der Waals surface area contributed by atoms with Gasteiger partial charge in [0, 0.05) is 59.2 Å². The number of hydrogen-bond donors (Lipinski definition) is 0. The second kappa shape index (κ2) is 13.1. The van der Waals surface area contributed by atoms with Gasteiger partial charge in [-0.3, -0.25) is 0 Å². The number of aromatic nitrogens is 1. The van der Waals surface area contributed by atoms with E-state index in [-0.39, 0.29) is 0 Å². The second-order valence-corrected chi connectivity index (χ2v) is 17.7. The Morgan fingerprint density at radius 2 is 0.917 bits per heavy atom. The number of hydrogen-bond acceptors (Lipinski definition) is 3. The van der Waals surface area contributed by atoms with Crippen LogP contribution in [0.2, 0.25) is 0 Å². The van der Waals surface area contributed by atoms with Gasteiger partial charge in [-0.25, -0.2) is 0 Å². The molecule has 0 amide bonds. The molecule has 0 bridgehead atoms. The minimum Gasteiger partial charge on any atom is -0.315 e. The summed E-state index contributed by atoms with van der Waals surface area (Å²) in [6.45, 7) is 0. The molecule has 4 heterocycles. The van der Waals surface area contributed by atoms with E-state index in [0.29, 0.717) is 0 Å². The lowest BCUT2D eigenvalue weighted by atomic mass is 9.91. The molecule has 4 heteroatoms. The quantitative estimate of drug-likeness (QED) is 0.157. The van der Waals surface area contributed by atoms with E-state index in [1.54, 1.807) is 0 Å². The summed E-state index contributed by atoms with van der Waals surface area (Å²) in [4.78, 5) is 2.49. The van der Waals surface area contributed by atoms with Gasteiger partial charge in [0.05, 0.1) is 31.8 Å². The van der Waals surface area contributed by atoms with Gasteiger partial charge in [0.1, 0.15) is 0 Å². The highest BCUT2D eigenvalue weighted by molar-refractivity contribution is 7.27. The van der Waals surface area contributed by atoms with Crippen LogP contribution in [-0.4, -0.2) is 4.40 Å². The van der Waals surface area contributed by atoms with Crippen molar-refractivity contribution in [2.24, 2.45) is 0 Å². The molecular weight excluding hydrogens is 765 g/mol. The molecule has 0 spiro atoms. The molecule has 0 radical (unpaired) electrons. The molecule has 60 heavy (non-hydrogen) atoms. The minimum atomic E-state index is 1.13. The number of benzene rings is 9. The maximum absolute atomic E-state index is 2.49. The standard InChI is InChI=1S/C56H34N2S2/c1-2-14-36(15-3-1)52-47-22-10-11-33-57(47)54-43-19-5-4-16-39(43)40-32-29-37(34-46(40)53(52)54)35-27-30-38(31-28-35)58(48-23-12-20-44-41-17-6-8-25-50(41)59-55(44)48)49-24-13-21-45-42-18-7-9-26-51(42)60-56(45)49/h1-34H. The average Bonchev–Trinajstić information content (AvgIpc) is 4.01. The van der Waals surface area contributed by atoms with Gasteiger partial charge in [0.2, 0.25) is 0 Å². The Hall–Kier alpha value is -7.24. The summed E-state index contributed by atoms with van der Waals surface area (Å²) in [6.07, 6.45) is 2.22. The highest BCUT2D eigenvalue weighted by Gasteiger charge is 2.23. The Bertz CT molecular complexity index is 3720. The van der Waals surface area contributed by atoms with Crippen LogP contribution in [0.15, 0.2) is 206 Å². The molecule has 0 aliphatic heterocycles. The van der Waals surface area contributed by atoms with Gasteiger partial charge >= 0.3 is 0 Å². The molecule has 0 fully saturated rings. The Kier molecular flexibility index (Phi) is 7.38. The smallest absolute Gasteiger partial charge is 0.0640 e. The van der Waals surface area contributed by atoms with Crippen molar-refractivity contribution in [2.75, 3.05) is 4.90 Å². The summed E-state index contributed by atoms with van der Waals surface area (Å²) in [7, 11) is 0. The first kappa shape index (κ1) is 33.7. The van der Waals surface area contributed by atoms with E-state index in [1.807, 2.05) is 22.7 Å². The second-order valence-electron chi connectivity index (χ2n) is 15.6. The molecule has 0 aliphatic rings. The van der Waals surface area contributed by atoms with Crippen molar-refractivity contribution in [2.45, 2.75) is 0 Å². The van der Waals surface area contributed by atoms with Crippen LogP contribution >= 0.6 is 22.7 Å². The van der Waals surface area contributed by atoms with Gasteiger partial charge in [-0.15, -0.1) is 22.7 Å². The van der Waals surface area contributed by atoms with Gasteiger partial charge in [0.25, 0.3) is 0 Å². The molecule has 13 aromatic rings. The van der Waals surface area contributed by atoms with E-state index in [9.17, 15) is 0 Å². The average molecular weight is 799 g/mol. The summed E-state index contributed by atoms with van der Waals surface area (Å²) >= 11 is 3.76. The molecule has 0 N–H and O–H groups in total. The van der Waals surface area contributed by atoms with Crippen LogP contribution in [0.1, 0.15) is 0 Å². The molecule has 280 valence electrons. The summed E-state index contributed by atoms with van der Waals surface area (Å²) in [5.74, 6) is 0. The molecule has 0 unspecified atom stereocenters. The molecule has 2 nitrogen and oxygen atoms in total. The molecule has 0 aliphatic carbocycles. The molecular formula is C56H34N2S2. The maximum atomic E-state index is 2.49. The van der Waals surface area contributed by atoms with E-state index in [4.69, 9.17) is 0 Å². The molecule has 13 rings (SSSR count). The van der Waals surface area contributed by atoms with Crippen LogP contribution in [0.4, 0.5) is 17.1 Å². The lowest BCUT2D eigenvalue weighted by molar-refractivity contribution is 1.26. The molecule has 0 atom stereocenters. The molecule has 9 aromatic carbocycles. The predicted octanol–water partition coefficient (Wildman–Crippen LogP) is 16.9. The molecule has 0 saturated carbocycles. The first-order valence-electron chi connectivity index (χ1n) is 20.4. The number of pyridine rings is 1. The predicted molar refractivity (Wildman–Crippen MR) is 261 cm³/mol. The number of fused-ring (bicyclic) bond motifs is 14. The fraction of sp³-hybridized carbons (Fsp3) is 0. The monoisotopic (exact) mass is 798 g/mol. The SMILES string of the molecule is c1ccc(-c2c3c4cc(-c5ccc(N(c6cccc7c6sc6ccccc67)c6cccc7c6sc6ccccc67)cc5)ccc4c4ccccc4c3n3ccccc23)cc1. The van der Waals surface area contributed by atoms with Gasteiger partial charge in [-0.2, -0.15) is 0 Å². The number of rotatable bonds is 5. The first-order chi connectivity index (χ1) is 29.8. The van der Waals surface area contributed by atoms with Gasteiger partial charge in [-0.1, -0.05) is 146 Å². The number of thiophene rings is 2. The highest BCUT2D eigenvalue weighted by atomic mass is 32.1. The fourth-order valence-corrected chi connectivity index (χ4v) is 12.2. The third-order valence-corrected chi connectivity index (χ3v) is 14.8. The van der Waals surface area contributed by atoms with Crippen LogP contribution in [-0.2, 0) is 0 Å². The largest absolute Gasteiger partial charge is 0.315 e. The van der Waals surface area contributed by atoms with Crippen LogP contribution in [0.5, 0.6) is 0 Å². The van der Waals surface area contributed by atoms with E-state index in [2.05, 4.69) is 216 Å². The zero-order chi connectivity index (χ0) is 39.3. The van der Waals surface area contributed by atoms with E-state index < -0.39 is 0 Å².